The standard InChI is InChI=1S/C14H13ClFN5O/c1-8(22)19-14-20-12(15)11(13(17-2)21-14)18-7-9-5-3-4-6-10(9)16/h3-7H,1-2H3,(H2,17,19,20,21,22). The Morgan fingerprint density at radius 2 is 2.09 bits per heavy atom. The monoisotopic (exact) mass is 321 g/mol. The maximum absolute atomic E-state index is 13.6. The van der Waals surface area contributed by atoms with E-state index in [0.29, 0.717) is 11.4 Å². The first kappa shape index (κ1) is 15.8. The van der Waals surface area contributed by atoms with Gasteiger partial charge in [-0.1, -0.05) is 29.8 Å². The predicted molar refractivity (Wildman–Crippen MR) is 84.5 cm³/mol. The number of benzene rings is 1. The van der Waals surface area contributed by atoms with Gasteiger partial charge in [-0.15, -0.1) is 0 Å². The summed E-state index contributed by atoms with van der Waals surface area (Å²) < 4.78 is 13.6. The molecule has 0 bridgehead atoms. The van der Waals surface area contributed by atoms with Gasteiger partial charge in [0, 0.05) is 25.7 Å². The van der Waals surface area contributed by atoms with Crippen LogP contribution in [0.2, 0.25) is 5.15 Å². The van der Waals surface area contributed by atoms with Gasteiger partial charge in [0.2, 0.25) is 11.9 Å². The Hall–Kier alpha value is -2.54. The van der Waals surface area contributed by atoms with Gasteiger partial charge in [-0.25, -0.2) is 9.38 Å². The fourth-order valence-corrected chi connectivity index (χ4v) is 1.86. The summed E-state index contributed by atoms with van der Waals surface area (Å²) in [5.41, 5.74) is 0.563. The van der Waals surface area contributed by atoms with Crippen molar-refractivity contribution in [2.45, 2.75) is 6.92 Å². The van der Waals surface area contributed by atoms with Crippen LogP contribution in [0.25, 0.3) is 0 Å². The maximum atomic E-state index is 13.6. The fourth-order valence-electron chi connectivity index (χ4n) is 1.64. The van der Waals surface area contributed by atoms with Gasteiger partial charge < -0.3 is 5.32 Å². The van der Waals surface area contributed by atoms with Crippen molar-refractivity contribution in [1.82, 2.24) is 9.97 Å². The van der Waals surface area contributed by atoms with Gasteiger partial charge in [0.1, 0.15) is 11.5 Å². The Bertz CT molecular complexity index is 735. The number of halogens is 2. The van der Waals surface area contributed by atoms with E-state index in [9.17, 15) is 9.18 Å². The van der Waals surface area contributed by atoms with Crippen molar-refractivity contribution in [2.75, 3.05) is 17.7 Å². The molecule has 0 aliphatic carbocycles. The van der Waals surface area contributed by atoms with Crippen LogP contribution < -0.4 is 10.6 Å². The van der Waals surface area contributed by atoms with E-state index in [-0.39, 0.29) is 22.7 Å². The number of hydrogen-bond donors (Lipinski definition) is 2. The molecule has 0 aliphatic rings. The van der Waals surface area contributed by atoms with E-state index in [4.69, 9.17) is 11.6 Å². The zero-order chi connectivity index (χ0) is 16.1. The summed E-state index contributed by atoms with van der Waals surface area (Å²) in [5.74, 6) is -0.340. The van der Waals surface area contributed by atoms with Crippen molar-refractivity contribution in [3.05, 3.63) is 40.8 Å². The van der Waals surface area contributed by atoms with Crippen molar-refractivity contribution >= 4 is 41.2 Å². The maximum Gasteiger partial charge on any atom is 0.232 e. The molecule has 2 aromatic rings. The smallest absolute Gasteiger partial charge is 0.232 e. The Morgan fingerprint density at radius 3 is 2.73 bits per heavy atom. The molecule has 22 heavy (non-hydrogen) atoms. The molecule has 2 rings (SSSR count). The number of amides is 1. The summed E-state index contributed by atoms with van der Waals surface area (Å²) in [4.78, 5) is 23.2. The molecule has 1 aromatic heterocycles. The predicted octanol–water partition coefficient (Wildman–Crippen LogP) is 3.02. The first-order chi connectivity index (χ1) is 10.5. The highest BCUT2D eigenvalue weighted by Gasteiger charge is 2.12. The minimum Gasteiger partial charge on any atom is -0.371 e. The molecule has 0 spiro atoms. The molecule has 0 saturated carbocycles. The number of aliphatic imine (C=N–C) groups is 1. The van der Waals surface area contributed by atoms with Gasteiger partial charge in [-0.05, 0) is 6.07 Å². The average molecular weight is 322 g/mol. The number of nitrogens with zero attached hydrogens (tertiary/aromatic N) is 3. The molecule has 6 nitrogen and oxygen atoms in total. The SMILES string of the molecule is CNc1nc(NC(C)=O)nc(Cl)c1N=Cc1ccccc1F. The number of rotatable bonds is 4. The van der Waals surface area contributed by atoms with E-state index in [1.54, 1.807) is 25.2 Å². The van der Waals surface area contributed by atoms with Gasteiger partial charge in [0.25, 0.3) is 0 Å². The van der Waals surface area contributed by atoms with Crippen LogP contribution in [0.15, 0.2) is 29.3 Å². The second kappa shape index (κ2) is 6.95. The third-order valence-electron chi connectivity index (χ3n) is 2.60. The third kappa shape index (κ3) is 3.76. The zero-order valence-corrected chi connectivity index (χ0v) is 12.6. The Balaban J connectivity index is 2.38. The van der Waals surface area contributed by atoms with Gasteiger partial charge in [-0.2, -0.15) is 9.97 Å². The van der Waals surface area contributed by atoms with Gasteiger partial charge >= 0.3 is 0 Å². The van der Waals surface area contributed by atoms with Crippen molar-refractivity contribution in [3.8, 4) is 0 Å². The minimum atomic E-state index is -0.399. The number of aromatic nitrogens is 2. The van der Waals surface area contributed by atoms with E-state index >= 15 is 0 Å². The topological polar surface area (TPSA) is 79.3 Å². The summed E-state index contributed by atoms with van der Waals surface area (Å²) >= 11 is 6.05. The van der Waals surface area contributed by atoms with Crippen molar-refractivity contribution < 1.29 is 9.18 Å². The number of anilines is 2. The quantitative estimate of drug-likeness (QED) is 0.670. The van der Waals surface area contributed by atoms with Crippen molar-refractivity contribution in [3.63, 3.8) is 0 Å². The van der Waals surface area contributed by atoms with Crippen LogP contribution >= 0.6 is 11.6 Å². The summed E-state index contributed by atoms with van der Waals surface area (Å²) in [6, 6.07) is 6.20. The lowest BCUT2D eigenvalue weighted by molar-refractivity contribution is -0.114. The van der Waals surface area contributed by atoms with E-state index in [1.165, 1.54) is 19.2 Å². The van der Waals surface area contributed by atoms with E-state index in [2.05, 4.69) is 25.6 Å². The molecule has 0 saturated heterocycles. The molecule has 1 amide bonds. The minimum absolute atomic E-state index is 0.0377. The molecule has 0 aliphatic heterocycles. The van der Waals surface area contributed by atoms with Crippen LogP contribution in [0.4, 0.5) is 21.8 Å². The normalized spacial score (nSPS) is 10.7. The van der Waals surface area contributed by atoms with Crippen LogP contribution in [0, 0.1) is 5.82 Å². The van der Waals surface area contributed by atoms with Gasteiger partial charge in [0.05, 0.1) is 0 Å². The molecule has 0 fully saturated rings. The zero-order valence-electron chi connectivity index (χ0n) is 11.9. The number of nitrogens with one attached hydrogen (secondary N) is 2. The summed E-state index contributed by atoms with van der Waals surface area (Å²) in [5, 5.41) is 5.28. The summed E-state index contributed by atoms with van der Waals surface area (Å²) in [6.07, 6.45) is 1.33. The highest BCUT2D eigenvalue weighted by Crippen LogP contribution is 2.31. The molecular weight excluding hydrogens is 309 g/mol. The lowest BCUT2D eigenvalue weighted by Gasteiger charge is -2.08. The van der Waals surface area contributed by atoms with Crippen LogP contribution in [0.5, 0.6) is 0 Å². The second-order valence-electron chi connectivity index (χ2n) is 4.25. The Kier molecular flexibility index (Phi) is 5.00. The summed E-state index contributed by atoms with van der Waals surface area (Å²) in [7, 11) is 1.62. The van der Waals surface area contributed by atoms with E-state index in [0.717, 1.165) is 0 Å². The van der Waals surface area contributed by atoms with Crippen LogP contribution in [0.3, 0.4) is 0 Å². The highest BCUT2D eigenvalue weighted by molar-refractivity contribution is 6.32. The molecule has 1 heterocycles. The molecule has 2 N–H and O–H groups in total. The van der Waals surface area contributed by atoms with Gasteiger partial charge in [0.15, 0.2) is 11.0 Å². The first-order valence-corrected chi connectivity index (χ1v) is 6.70. The lowest BCUT2D eigenvalue weighted by Crippen LogP contribution is -2.10. The largest absolute Gasteiger partial charge is 0.371 e. The number of carbonyl (C=O) groups is 1. The molecule has 0 radical (unpaired) electrons. The molecule has 114 valence electrons. The highest BCUT2D eigenvalue weighted by atomic mass is 35.5. The fraction of sp³-hybridized carbons (Fsp3) is 0.143. The third-order valence-corrected chi connectivity index (χ3v) is 2.87. The second-order valence-corrected chi connectivity index (χ2v) is 4.60. The molecule has 8 heteroatoms. The lowest BCUT2D eigenvalue weighted by atomic mass is 10.2. The summed E-state index contributed by atoms with van der Waals surface area (Å²) in [6.45, 7) is 1.33. The number of carbonyl (C=O) groups excluding carboxylic acids is 1. The Labute approximate surface area is 131 Å². The van der Waals surface area contributed by atoms with Crippen molar-refractivity contribution in [1.29, 1.82) is 0 Å². The van der Waals surface area contributed by atoms with Gasteiger partial charge in [-0.3, -0.25) is 10.1 Å². The average Bonchev–Trinajstić information content (AvgIpc) is 2.46. The Morgan fingerprint density at radius 1 is 1.36 bits per heavy atom. The molecule has 0 atom stereocenters. The van der Waals surface area contributed by atoms with E-state index in [1.807, 2.05) is 0 Å². The van der Waals surface area contributed by atoms with Crippen LogP contribution in [-0.4, -0.2) is 29.1 Å². The molecule has 0 unspecified atom stereocenters. The first-order valence-electron chi connectivity index (χ1n) is 6.32. The van der Waals surface area contributed by atoms with Crippen LogP contribution in [-0.2, 0) is 4.79 Å². The van der Waals surface area contributed by atoms with Crippen molar-refractivity contribution in [2.24, 2.45) is 4.99 Å². The van der Waals surface area contributed by atoms with Crippen LogP contribution in [0.1, 0.15) is 12.5 Å². The van der Waals surface area contributed by atoms with E-state index < -0.39 is 5.82 Å². The molecular formula is C14H13ClFN5O. The molecule has 1 aromatic carbocycles. The number of hydrogen-bond acceptors (Lipinski definition) is 5.